The van der Waals surface area contributed by atoms with Gasteiger partial charge in [0.1, 0.15) is 5.82 Å². The van der Waals surface area contributed by atoms with Crippen molar-refractivity contribution >= 4 is 39.6 Å². The van der Waals surface area contributed by atoms with Crippen molar-refractivity contribution in [3.8, 4) is 0 Å². The number of amides is 2. The van der Waals surface area contributed by atoms with Crippen LogP contribution in [0, 0.1) is 5.82 Å². The molecule has 0 radical (unpaired) electrons. The number of hydrogen-bond acceptors (Lipinski definition) is 4. The molecule has 0 bridgehead atoms. The maximum atomic E-state index is 13.8. The maximum Gasteiger partial charge on any atom is 0.295 e. The van der Waals surface area contributed by atoms with E-state index in [4.69, 9.17) is 4.42 Å². The number of thiophene rings is 1. The molecule has 0 aliphatic heterocycles. The highest BCUT2D eigenvalue weighted by Gasteiger charge is 2.35. The highest BCUT2D eigenvalue weighted by atomic mass is 32.1. The molecule has 0 saturated carbocycles. The first kappa shape index (κ1) is 22.6. The molecule has 5 rings (SSSR count). The SMILES string of the molecule is O=C(NCc1ccc(F)cc1)[C@@H](c1cccs1)N(C(=O)c1ccco1)c1cccc2ccccc12. The van der Waals surface area contributed by atoms with E-state index in [0.717, 1.165) is 16.3 Å². The largest absolute Gasteiger partial charge is 0.459 e. The summed E-state index contributed by atoms with van der Waals surface area (Å²) < 4.78 is 18.7. The quantitative estimate of drug-likeness (QED) is 0.293. The molecule has 2 aromatic heterocycles. The van der Waals surface area contributed by atoms with Crippen molar-refractivity contribution in [3.05, 3.63) is 125 Å². The topological polar surface area (TPSA) is 62.6 Å². The van der Waals surface area contributed by atoms with E-state index >= 15 is 0 Å². The number of anilines is 1. The molecule has 5 nitrogen and oxygen atoms in total. The molecule has 0 spiro atoms. The molecule has 5 aromatic rings. The lowest BCUT2D eigenvalue weighted by molar-refractivity contribution is -0.122. The van der Waals surface area contributed by atoms with E-state index in [1.807, 2.05) is 60.0 Å². The van der Waals surface area contributed by atoms with Gasteiger partial charge in [0.2, 0.25) is 5.91 Å². The van der Waals surface area contributed by atoms with Gasteiger partial charge in [0, 0.05) is 16.8 Å². The van der Waals surface area contributed by atoms with Crippen LogP contribution in [-0.2, 0) is 11.3 Å². The number of nitrogens with zero attached hydrogens (tertiary/aromatic N) is 1. The Morgan fingerprint density at radius 3 is 2.46 bits per heavy atom. The number of nitrogens with one attached hydrogen (secondary N) is 1. The molecular weight excluding hydrogens is 463 g/mol. The smallest absolute Gasteiger partial charge is 0.295 e. The Labute approximate surface area is 205 Å². The van der Waals surface area contributed by atoms with Crippen LogP contribution in [0.3, 0.4) is 0 Å². The van der Waals surface area contributed by atoms with Crippen LogP contribution in [0.2, 0.25) is 0 Å². The lowest BCUT2D eigenvalue weighted by Crippen LogP contribution is -2.43. The molecule has 2 heterocycles. The van der Waals surface area contributed by atoms with Crippen molar-refractivity contribution < 1.29 is 18.4 Å². The first-order chi connectivity index (χ1) is 17.1. The zero-order valence-electron chi connectivity index (χ0n) is 18.6. The number of hydrogen-bond donors (Lipinski definition) is 1. The van der Waals surface area contributed by atoms with Gasteiger partial charge in [0.25, 0.3) is 5.91 Å². The lowest BCUT2D eigenvalue weighted by atomic mass is 10.0. The van der Waals surface area contributed by atoms with Crippen LogP contribution in [-0.4, -0.2) is 11.8 Å². The van der Waals surface area contributed by atoms with E-state index < -0.39 is 11.9 Å². The minimum absolute atomic E-state index is 0.130. The van der Waals surface area contributed by atoms with Crippen LogP contribution >= 0.6 is 11.3 Å². The minimum atomic E-state index is -0.946. The summed E-state index contributed by atoms with van der Waals surface area (Å²) in [5.41, 5.74) is 1.35. The van der Waals surface area contributed by atoms with Crippen LogP contribution in [0.4, 0.5) is 10.1 Å². The van der Waals surface area contributed by atoms with E-state index in [-0.39, 0.29) is 24.0 Å². The highest BCUT2D eigenvalue weighted by molar-refractivity contribution is 7.10. The summed E-state index contributed by atoms with van der Waals surface area (Å²) in [6, 6.07) is 25.3. The third-order valence-electron chi connectivity index (χ3n) is 5.68. The summed E-state index contributed by atoms with van der Waals surface area (Å²) in [5, 5.41) is 6.57. The number of rotatable bonds is 7. The molecule has 3 aromatic carbocycles. The Balaban J connectivity index is 1.59. The minimum Gasteiger partial charge on any atom is -0.459 e. The number of furan rings is 1. The fraction of sp³-hybridized carbons (Fsp3) is 0.0714. The summed E-state index contributed by atoms with van der Waals surface area (Å²) in [5.74, 6) is -1.00. The number of halogens is 1. The van der Waals surface area contributed by atoms with Gasteiger partial charge < -0.3 is 9.73 Å². The van der Waals surface area contributed by atoms with E-state index in [1.54, 1.807) is 24.3 Å². The molecule has 0 aliphatic rings. The Morgan fingerprint density at radius 1 is 0.914 bits per heavy atom. The van der Waals surface area contributed by atoms with Gasteiger partial charge in [-0.25, -0.2) is 4.39 Å². The first-order valence-corrected chi connectivity index (χ1v) is 11.9. The second kappa shape index (κ2) is 9.95. The highest BCUT2D eigenvalue weighted by Crippen LogP contribution is 2.36. The van der Waals surface area contributed by atoms with Gasteiger partial charge in [0.15, 0.2) is 11.8 Å². The van der Waals surface area contributed by atoms with Gasteiger partial charge in [0.05, 0.1) is 12.0 Å². The standard InChI is InChI=1S/C28H21FN2O3S/c29-21-14-12-19(13-15-21)18-30-27(32)26(25-11-5-17-35-25)31(28(33)24-10-4-16-34-24)23-9-3-7-20-6-1-2-8-22(20)23/h1-17,26H,18H2,(H,30,32)/t26-/m1/s1. The van der Waals surface area contributed by atoms with Crippen LogP contribution in [0.25, 0.3) is 10.8 Å². The molecule has 7 heteroatoms. The maximum absolute atomic E-state index is 13.8. The van der Waals surface area contributed by atoms with Gasteiger partial charge in [-0.05, 0) is 52.7 Å². The van der Waals surface area contributed by atoms with E-state index in [2.05, 4.69) is 5.32 Å². The number of carbonyl (C=O) groups is 2. The van der Waals surface area contributed by atoms with Crippen LogP contribution in [0.1, 0.15) is 27.0 Å². The van der Waals surface area contributed by atoms with Gasteiger partial charge in [-0.2, -0.15) is 0 Å². The fourth-order valence-electron chi connectivity index (χ4n) is 4.01. The monoisotopic (exact) mass is 484 g/mol. The van der Waals surface area contributed by atoms with Gasteiger partial charge in [-0.1, -0.05) is 54.6 Å². The predicted molar refractivity (Wildman–Crippen MR) is 135 cm³/mol. The summed E-state index contributed by atoms with van der Waals surface area (Å²) in [7, 11) is 0. The summed E-state index contributed by atoms with van der Waals surface area (Å²) >= 11 is 1.39. The predicted octanol–water partition coefficient (Wildman–Crippen LogP) is 6.34. The fourth-order valence-corrected chi connectivity index (χ4v) is 4.82. The van der Waals surface area contributed by atoms with Gasteiger partial charge >= 0.3 is 0 Å². The Kier molecular flexibility index (Phi) is 6.41. The average molecular weight is 485 g/mol. The number of benzene rings is 3. The van der Waals surface area contributed by atoms with Crippen molar-refractivity contribution in [2.24, 2.45) is 0 Å². The van der Waals surface area contributed by atoms with Crippen molar-refractivity contribution in [1.82, 2.24) is 5.32 Å². The van der Waals surface area contributed by atoms with Crippen LogP contribution in [0.15, 0.2) is 107 Å². The van der Waals surface area contributed by atoms with E-state index in [0.29, 0.717) is 10.6 Å². The zero-order valence-corrected chi connectivity index (χ0v) is 19.4. The normalized spacial score (nSPS) is 11.8. The Hall–Kier alpha value is -4.23. The second-order valence-corrected chi connectivity index (χ2v) is 8.89. The third kappa shape index (κ3) is 4.72. The first-order valence-electron chi connectivity index (χ1n) is 11.0. The molecule has 1 N–H and O–H groups in total. The third-order valence-corrected chi connectivity index (χ3v) is 6.60. The molecular formula is C28H21FN2O3S. The molecule has 0 unspecified atom stereocenters. The van der Waals surface area contributed by atoms with Crippen LogP contribution < -0.4 is 10.2 Å². The molecule has 0 fully saturated rings. The lowest BCUT2D eigenvalue weighted by Gasteiger charge is -2.31. The molecule has 174 valence electrons. The van der Waals surface area contributed by atoms with Crippen molar-refractivity contribution in [2.45, 2.75) is 12.6 Å². The molecule has 0 aliphatic carbocycles. The summed E-state index contributed by atoms with van der Waals surface area (Å²) in [6.45, 7) is 0.194. The van der Waals surface area contributed by atoms with Gasteiger partial charge in [-0.3, -0.25) is 14.5 Å². The molecule has 1 atom stereocenters. The van der Waals surface area contributed by atoms with Crippen molar-refractivity contribution in [2.75, 3.05) is 4.90 Å². The Bertz CT molecular complexity index is 1440. The molecule has 0 saturated heterocycles. The summed E-state index contributed by atoms with van der Waals surface area (Å²) in [4.78, 5) is 29.7. The average Bonchev–Trinajstić information content (AvgIpc) is 3.61. The zero-order chi connectivity index (χ0) is 24.2. The van der Waals surface area contributed by atoms with E-state index in [9.17, 15) is 14.0 Å². The van der Waals surface area contributed by atoms with Crippen molar-refractivity contribution in [1.29, 1.82) is 0 Å². The van der Waals surface area contributed by atoms with E-state index in [1.165, 1.54) is 34.6 Å². The van der Waals surface area contributed by atoms with Gasteiger partial charge in [-0.15, -0.1) is 11.3 Å². The van der Waals surface area contributed by atoms with Crippen molar-refractivity contribution in [3.63, 3.8) is 0 Å². The summed E-state index contributed by atoms with van der Waals surface area (Å²) in [6.07, 6.45) is 1.43. The second-order valence-electron chi connectivity index (χ2n) is 7.91. The number of carbonyl (C=O) groups excluding carboxylic acids is 2. The Morgan fingerprint density at radius 2 is 1.71 bits per heavy atom. The van der Waals surface area contributed by atoms with Crippen LogP contribution in [0.5, 0.6) is 0 Å². The molecule has 35 heavy (non-hydrogen) atoms. The molecule has 2 amide bonds. The number of fused-ring (bicyclic) bond motifs is 1.